The Labute approximate surface area is 168 Å². The fraction of sp³-hybridized carbons (Fsp3) is 0.500. The molecule has 0 unspecified atom stereocenters. The quantitative estimate of drug-likeness (QED) is 0.542. The number of nitrogens with zero attached hydrogens (tertiary/aromatic N) is 4. The van der Waals surface area contributed by atoms with Gasteiger partial charge in [0.15, 0.2) is 14.9 Å². The Morgan fingerprint density at radius 2 is 2.07 bits per heavy atom. The molecule has 1 fully saturated rings. The van der Waals surface area contributed by atoms with Gasteiger partial charge in [0.05, 0.1) is 27.9 Å². The van der Waals surface area contributed by atoms with Crippen molar-refractivity contribution in [2.75, 3.05) is 12.3 Å². The number of aromatic nitrogens is 2. The first-order valence-electron chi connectivity index (χ1n) is 9.10. The number of rotatable bonds is 4. The summed E-state index contributed by atoms with van der Waals surface area (Å²) in [7, 11) is -3.83. The molecular weight excluding hydrogens is 400 g/mol. The van der Waals surface area contributed by atoms with E-state index in [0.29, 0.717) is 19.4 Å². The lowest BCUT2D eigenvalue weighted by atomic mass is 10.2. The van der Waals surface area contributed by atoms with Crippen molar-refractivity contribution in [2.45, 2.75) is 50.3 Å². The summed E-state index contributed by atoms with van der Waals surface area (Å²) in [5, 5.41) is 10.6. The van der Waals surface area contributed by atoms with E-state index in [2.05, 4.69) is 9.97 Å². The maximum absolute atomic E-state index is 12.9. The molecule has 1 atom stereocenters. The predicted octanol–water partition coefficient (Wildman–Crippen LogP) is 2.71. The van der Waals surface area contributed by atoms with Gasteiger partial charge in [0, 0.05) is 24.7 Å². The van der Waals surface area contributed by atoms with Crippen LogP contribution in [0.3, 0.4) is 0 Å². The molecule has 1 aromatic carbocycles. The minimum atomic E-state index is -3.83. The summed E-state index contributed by atoms with van der Waals surface area (Å²) in [6, 6.07) is 3.33. The standard InChI is InChI=1S/C18H22N4O6S/c1-18(2,3)28-17(23)21-8-4-5-13(21)11-29(26,27)16-10-19-15-9-12(22(24)25)6-7-14(15)20-16/h6-7,9-10,13H,4-5,8,11H2,1-3H3/t13-/m0/s1. The molecule has 2 heterocycles. The van der Waals surface area contributed by atoms with Crippen LogP contribution < -0.4 is 0 Å². The first-order valence-corrected chi connectivity index (χ1v) is 10.7. The lowest BCUT2D eigenvalue weighted by molar-refractivity contribution is -0.384. The summed E-state index contributed by atoms with van der Waals surface area (Å²) in [5.41, 5.74) is -0.349. The van der Waals surface area contributed by atoms with E-state index in [-0.39, 0.29) is 27.5 Å². The van der Waals surface area contributed by atoms with Gasteiger partial charge in [-0.05, 0) is 39.7 Å². The van der Waals surface area contributed by atoms with Crippen LogP contribution in [-0.4, -0.2) is 58.2 Å². The number of sulfone groups is 1. The maximum atomic E-state index is 12.9. The van der Waals surface area contributed by atoms with Gasteiger partial charge in [0.1, 0.15) is 5.60 Å². The van der Waals surface area contributed by atoms with E-state index in [9.17, 15) is 23.3 Å². The van der Waals surface area contributed by atoms with Gasteiger partial charge in [-0.3, -0.25) is 15.1 Å². The molecule has 1 amide bonds. The van der Waals surface area contributed by atoms with Crippen LogP contribution in [0.25, 0.3) is 11.0 Å². The SMILES string of the molecule is CC(C)(C)OC(=O)N1CCC[C@H]1CS(=O)(=O)c1cnc2cc([N+](=O)[O-])ccc2n1. The van der Waals surface area contributed by atoms with Crippen LogP contribution in [0.15, 0.2) is 29.4 Å². The second-order valence-corrected chi connectivity index (χ2v) is 9.87. The van der Waals surface area contributed by atoms with Crippen molar-refractivity contribution >= 4 is 32.7 Å². The number of non-ortho nitro benzene ring substituents is 1. The number of nitro benzene ring substituents is 1. The molecule has 0 N–H and O–H groups in total. The van der Waals surface area contributed by atoms with E-state index in [1.807, 2.05) is 0 Å². The number of carbonyl (C=O) groups excluding carboxylic acids is 1. The molecule has 156 valence electrons. The zero-order valence-electron chi connectivity index (χ0n) is 16.4. The number of hydrogen-bond acceptors (Lipinski definition) is 8. The Balaban J connectivity index is 1.82. The molecule has 0 saturated carbocycles. The van der Waals surface area contributed by atoms with Crippen molar-refractivity contribution in [1.82, 2.24) is 14.9 Å². The summed E-state index contributed by atoms with van der Waals surface area (Å²) in [6.45, 7) is 5.69. The second kappa shape index (κ2) is 7.54. The molecule has 29 heavy (non-hydrogen) atoms. The Hall–Kier alpha value is -2.82. The number of carbonyl (C=O) groups is 1. The molecule has 2 aromatic rings. The highest BCUT2D eigenvalue weighted by molar-refractivity contribution is 7.91. The third-order valence-corrected chi connectivity index (χ3v) is 6.11. The van der Waals surface area contributed by atoms with Crippen LogP contribution in [0.4, 0.5) is 10.5 Å². The van der Waals surface area contributed by atoms with Gasteiger partial charge in [-0.15, -0.1) is 0 Å². The van der Waals surface area contributed by atoms with E-state index in [1.165, 1.54) is 23.1 Å². The van der Waals surface area contributed by atoms with Crippen molar-refractivity contribution in [1.29, 1.82) is 0 Å². The fourth-order valence-electron chi connectivity index (χ4n) is 3.15. The summed E-state index contributed by atoms with van der Waals surface area (Å²) in [5.74, 6) is -0.292. The molecule has 0 spiro atoms. The van der Waals surface area contributed by atoms with Crippen molar-refractivity contribution < 1.29 is 22.9 Å². The second-order valence-electron chi connectivity index (χ2n) is 7.89. The van der Waals surface area contributed by atoms with Crippen LogP contribution in [-0.2, 0) is 14.6 Å². The summed E-state index contributed by atoms with van der Waals surface area (Å²) < 4.78 is 31.1. The van der Waals surface area contributed by atoms with Gasteiger partial charge < -0.3 is 9.64 Å². The molecule has 1 aliphatic rings. The molecular formula is C18H22N4O6S. The molecule has 3 rings (SSSR count). The Morgan fingerprint density at radius 3 is 2.72 bits per heavy atom. The molecule has 0 aliphatic carbocycles. The van der Waals surface area contributed by atoms with Gasteiger partial charge in [-0.2, -0.15) is 0 Å². The third kappa shape index (κ3) is 4.78. The van der Waals surface area contributed by atoms with Gasteiger partial charge in [0.25, 0.3) is 5.69 Å². The van der Waals surface area contributed by atoms with Crippen molar-refractivity contribution in [3.63, 3.8) is 0 Å². The van der Waals surface area contributed by atoms with Crippen LogP contribution in [0, 0.1) is 10.1 Å². The number of ether oxygens (including phenoxy) is 1. The third-order valence-electron chi connectivity index (χ3n) is 4.45. The first kappa shape index (κ1) is 20.9. The molecule has 0 bridgehead atoms. The Bertz CT molecular complexity index is 1060. The van der Waals surface area contributed by atoms with Gasteiger partial charge in [-0.1, -0.05) is 0 Å². The first-order chi connectivity index (χ1) is 13.5. The topological polar surface area (TPSA) is 133 Å². The van der Waals surface area contributed by atoms with Crippen LogP contribution in [0.5, 0.6) is 0 Å². The highest BCUT2D eigenvalue weighted by Crippen LogP contribution is 2.25. The smallest absolute Gasteiger partial charge is 0.410 e. The zero-order valence-corrected chi connectivity index (χ0v) is 17.2. The van der Waals surface area contributed by atoms with Crippen molar-refractivity contribution in [3.8, 4) is 0 Å². The van der Waals surface area contributed by atoms with E-state index < -0.39 is 32.5 Å². The number of likely N-dealkylation sites (tertiary alicyclic amines) is 1. The molecule has 10 nitrogen and oxygen atoms in total. The minimum absolute atomic E-state index is 0.152. The Kier molecular flexibility index (Phi) is 5.44. The average molecular weight is 422 g/mol. The summed E-state index contributed by atoms with van der Waals surface area (Å²) >= 11 is 0. The van der Waals surface area contributed by atoms with Gasteiger partial charge in [0.2, 0.25) is 0 Å². The number of amides is 1. The summed E-state index contributed by atoms with van der Waals surface area (Å²) in [6.07, 6.45) is 1.79. The zero-order chi connectivity index (χ0) is 21.4. The average Bonchev–Trinajstić information content (AvgIpc) is 3.06. The number of hydrogen-bond donors (Lipinski definition) is 0. The maximum Gasteiger partial charge on any atom is 0.410 e. The van der Waals surface area contributed by atoms with Crippen molar-refractivity contribution in [2.24, 2.45) is 0 Å². The van der Waals surface area contributed by atoms with Crippen LogP contribution >= 0.6 is 0 Å². The number of benzene rings is 1. The molecule has 1 saturated heterocycles. The van der Waals surface area contributed by atoms with E-state index in [4.69, 9.17) is 4.74 Å². The van der Waals surface area contributed by atoms with Crippen LogP contribution in [0.1, 0.15) is 33.6 Å². The fourth-order valence-corrected chi connectivity index (χ4v) is 4.63. The van der Waals surface area contributed by atoms with Gasteiger partial charge in [-0.25, -0.2) is 18.2 Å². The minimum Gasteiger partial charge on any atom is -0.444 e. The van der Waals surface area contributed by atoms with Crippen molar-refractivity contribution in [3.05, 3.63) is 34.5 Å². The highest BCUT2D eigenvalue weighted by Gasteiger charge is 2.36. The molecule has 0 radical (unpaired) electrons. The van der Waals surface area contributed by atoms with E-state index >= 15 is 0 Å². The summed E-state index contributed by atoms with van der Waals surface area (Å²) in [4.78, 5) is 32.3. The molecule has 1 aliphatic heterocycles. The normalized spacial score (nSPS) is 17.5. The lowest BCUT2D eigenvalue weighted by Gasteiger charge is -2.28. The number of nitro groups is 1. The van der Waals surface area contributed by atoms with E-state index in [1.54, 1.807) is 20.8 Å². The largest absolute Gasteiger partial charge is 0.444 e. The lowest BCUT2D eigenvalue weighted by Crippen LogP contribution is -2.42. The van der Waals surface area contributed by atoms with Gasteiger partial charge >= 0.3 is 6.09 Å². The number of fused-ring (bicyclic) bond motifs is 1. The monoisotopic (exact) mass is 422 g/mol. The molecule has 1 aromatic heterocycles. The Morgan fingerprint density at radius 1 is 1.34 bits per heavy atom. The van der Waals surface area contributed by atoms with Crippen LogP contribution in [0.2, 0.25) is 0 Å². The van der Waals surface area contributed by atoms with E-state index in [0.717, 1.165) is 6.20 Å². The predicted molar refractivity (Wildman–Crippen MR) is 104 cm³/mol. The highest BCUT2D eigenvalue weighted by atomic mass is 32.2. The molecule has 11 heteroatoms.